The second-order valence-electron chi connectivity index (χ2n) is 6.61. The van der Waals surface area contributed by atoms with Crippen LogP contribution in [-0.4, -0.2) is 19.1 Å². The van der Waals surface area contributed by atoms with E-state index < -0.39 is 17.1 Å². The van der Waals surface area contributed by atoms with E-state index >= 15 is 0 Å². The molecule has 0 aliphatic heterocycles. The number of halogens is 2. The summed E-state index contributed by atoms with van der Waals surface area (Å²) in [6, 6.07) is 13.7. The monoisotopic (exact) mass is 442 g/mol. The molecular formula is C21H16ClFN4O2S. The molecule has 0 amide bonds. The van der Waals surface area contributed by atoms with Crippen molar-refractivity contribution in [1.82, 2.24) is 19.1 Å². The second kappa shape index (κ2) is 8.04. The van der Waals surface area contributed by atoms with Gasteiger partial charge in [-0.1, -0.05) is 48.0 Å². The average molecular weight is 443 g/mol. The normalized spacial score (nSPS) is 11.2. The predicted molar refractivity (Wildman–Crippen MR) is 116 cm³/mol. The van der Waals surface area contributed by atoms with Crippen LogP contribution in [0.2, 0.25) is 5.02 Å². The molecule has 0 aliphatic carbocycles. The van der Waals surface area contributed by atoms with E-state index in [1.165, 1.54) is 35.5 Å². The van der Waals surface area contributed by atoms with Gasteiger partial charge in [0.25, 0.3) is 5.56 Å². The number of fused-ring (bicyclic) bond motifs is 1. The molecule has 2 aromatic carbocycles. The Balaban J connectivity index is 1.94. The molecule has 152 valence electrons. The summed E-state index contributed by atoms with van der Waals surface area (Å²) in [5.41, 5.74) is 0.282. The van der Waals surface area contributed by atoms with E-state index in [0.29, 0.717) is 21.4 Å². The van der Waals surface area contributed by atoms with Gasteiger partial charge in [-0.25, -0.2) is 19.2 Å². The van der Waals surface area contributed by atoms with Gasteiger partial charge in [-0.2, -0.15) is 0 Å². The molecule has 0 unspecified atom stereocenters. The SMILES string of the molecule is Cn1c(=O)c2c(SCc3c(F)cccc3Cl)nc(-c3ccccc3)nc2n(C)c1=O. The minimum absolute atomic E-state index is 0.165. The molecule has 0 fully saturated rings. The first kappa shape index (κ1) is 20.3. The predicted octanol–water partition coefficient (Wildman–Crippen LogP) is 3.78. The molecule has 2 aromatic heterocycles. The van der Waals surface area contributed by atoms with Crippen LogP contribution in [0.1, 0.15) is 5.56 Å². The minimum atomic E-state index is -0.505. The topological polar surface area (TPSA) is 69.8 Å². The highest BCUT2D eigenvalue weighted by atomic mass is 35.5. The third-order valence-corrected chi connectivity index (χ3v) is 6.07. The van der Waals surface area contributed by atoms with Crippen molar-refractivity contribution in [2.45, 2.75) is 10.8 Å². The molecule has 6 nitrogen and oxygen atoms in total. The highest BCUT2D eigenvalue weighted by Gasteiger charge is 2.19. The van der Waals surface area contributed by atoms with E-state index in [1.807, 2.05) is 30.3 Å². The molecule has 0 spiro atoms. The summed E-state index contributed by atoms with van der Waals surface area (Å²) < 4.78 is 16.5. The van der Waals surface area contributed by atoms with Gasteiger partial charge in [0.2, 0.25) is 0 Å². The lowest BCUT2D eigenvalue weighted by atomic mass is 10.2. The van der Waals surface area contributed by atoms with Gasteiger partial charge in [0, 0.05) is 36.0 Å². The van der Waals surface area contributed by atoms with E-state index in [0.717, 1.165) is 10.1 Å². The maximum Gasteiger partial charge on any atom is 0.332 e. The third-order valence-electron chi connectivity index (χ3n) is 4.71. The number of nitrogens with zero attached hydrogens (tertiary/aromatic N) is 4. The van der Waals surface area contributed by atoms with Crippen LogP contribution in [0.3, 0.4) is 0 Å². The van der Waals surface area contributed by atoms with Crippen molar-refractivity contribution in [3.8, 4) is 11.4 Å². The summed E-state index contributed by atoms with van der Waals surface area (Å²) in [4.78, 5) is 34.4. The molecule has 0 atom stereocenters. The first-order valence-corrected chi connectivity index (χ1v) is 10.3. The Bertz CT molecular complexity index is 1370. The van der Waals surface area contributed by atoms with Gasteiger partial charge < -0.3 is 0 Å². The lowest BCUT2D eigenvalue weighted by Crippen LogP contribution is -2.37. The number of thioether (sulfide) groups is 1. The Morgan fingerprint density at radius 1 is 1.00 bits per heavy atom. The maximum atomic E-state index is 14.2. The van der Waals surface area contributed by atoms with Crippen LogP contribution in [-0.2, 0) is 19.8 Å². The highest BCUT2D eigenvalue weighted by Crippen LogP contribution is 2.31. The molecule has 0 radical (unpaired) electrons. The summed E-state index contributed by atoms with van der Waals surface area (Å²) in [5.74, 6) is 0.100. The zero-order chi connectivity index (χ0) is 21.4. The van der Waals surface area contributed by atoms with E-state index in [-0.39, 0.29) is 16.8 Å². The number of aromatic nitrogens is 4. The van der Waals surface area contributed by atoms with Crippen molar-refractivity contribution in [3.63, 3.8) is 0 Å². The van der Waals surface area contributed by atoms with Gasteiger partial charge in [-0.3, -0.25) is 13.9 Å². The number of hydrogen-bond acceptors (Lipinski definition) is 5. The Morgan fingerprint density at radius 3 is 2.43 bits per heavy atom. The number of hydrogen-bond donors (Lipinski definition) is 0. The van der Waals surface area contributed by atoms with E-state index in [4.69, 9.17) is 11.6 Å². The summed E-state index contributed by atoms with van der Waals surface area (Å²) >= 11 is 7.32. The van der Waals surface area contributed by atoms with Gasteiger partial charge >= 0.3 is 5.69 Å². The number of benzene rings is 2. The van der Waals surface area contributed by atoms with E-state index in [1.54, 1.807) is 13.1 Å². The largest absolute Gasteiger partial charge is 0.332 e. The molecular weight excluding hydrogens is 427 g/mol. The molecule has 9 heteroatoms. The first-order chi connectivity index (χ1) is 14.4. The first-order valence-electron chi connectivity index (χ1n) is 8.97. The quantitative estimate of drug-likeness (QED) is 0.355. The lowest BCUT2D eigenvalue weighted by molar-refractivity contribution is 0.617. The van der Waals surface area contributed by atoms with Gasteiger partial charge in [0.1, 0.15) is 16.2 Å². The Morgan fingerprint density at radius 2 is 1.73 bits per heavy atom. The van der Waals surface area contributed by atoms with Crippen LogP contribution in [0.5, 0.6) is 0 Å². The average Bonchev–Trinajstić information content (AvgIpc) is 2.76. The molecule has 0 N–H and O–H groups in total. The fourth-order valence-electron chi connectivity index (χ4n) is 3.06. The van der Waals surface area contributed by atoms with Gasteiger partial charge in [0.05, 0.1) is 0 Å². The summed E-state index contributed by atoms with van der Waals surface area (Å²) in [6.45, 7) is 0. The van der Waals surface area contributed by atoms with E-state index in [2.05, 4.69) is 9.97 Å². The molecule has 0 saturated carbocycles. The molecule has 30 heavy (non-hydrogen) atoms. The van der Waals surface area contributed by atoms with Crippen molar-refractivity contribution in [1.29, 1.82) is 0 Å². The van der Waals surface area contributed by atoms with Crippen LogP contribution in [0.15, 0.2) is 63.1 Å². The number of aryl methyl sites for hydroxylation is 1. The fourth-order valence-corrected chi connectivity index (χ4v) is 4.42. The van der Waals surface area contributed by atoms with Crippen molar-refractivity contribution in [2.75, 3.05) is 0 Å². The van der Waals surface area contributed by atoms with Gasteiger partial charge in [-0.15, -0.1) is 11.8 Å². The van der Waals surface area contributed by atoms with Crippen LogP contribution in [0, 0.1) is 5.82 Å². The molecule has 4 rings (SSSR count). The van der Waals surface area contributed by atoms with Crippen LogP contribution in [0.4, 0.5) is 4.39 Å². The molecule has 0 bridgehead atoms. The van der Waals surface area contributed by atoms with Crippen LogP contribution in [0.25, 0.3) is 22.4 Å². The second-order valence-corrected chi connectivity index (χ2v) is 7.98. The smallest absolute Gasteiger partial charge is 0.280 e. The fraction of sp³-hybridized carbons (Fsp3) is 0.143. The third kappa shape index (κ3) is 3.53. The summed E-state index contributed by atoms with van der Waals surface area (Å²) in [7, 11) is 2.95. The van der Waals surface area contributed by atoms with Crippen LogP contribution < -0.4 is 11.2 Å². The molecule has 0 saturated heterocycles. The van der Waals surface area contributed by atoms with Crippen molar-refractivity contribution in [2.24, 2.45) is 14.1 Å². The summed E-state index contributed by atoms with van der Waals surface area (Å²) in [5, 5.41) is 0.857. The Hall–Kier alpha value is -2.97. The summed E-state index contributed by atoms with van der Waals surface area (Å²) in [6.07, 6.45) is 0. The van der Waals surface area contributed by atoms with Crippen molar-refractivity contribution in [3.05, 3.63) is 85.8 Å². The molecule has 4 aromatic rings. The van der Waals surface area contributed by atoms with Crippen molar-refractivity contribution >= 4 is 34.4 Å². The standard InChI is InChI=1S/C21H16ClFN4O2S/c1-26-18-16(20(28)27(2)21(26)29)19(25-17(24-18)12-7-4-3-5-8-12)30-11-13-14(22)9-6-10-15(13)23/h3-10H,11H2,1-2H3. The molecule has 2 heterocycles. The van der Waals surface area contributed by atoms with Gasteiger partial charge in [-0.05, 0) is 12.1 Å². The van der Waals surface area contributed by atoms with Crippen LogP contribution >= 0.6 is 23.4 Å². The number of rotatable bonds is 4. The Labute approximate surface area is 180 Å². The molecule has 0 aliphatic rings. The highest BCUT2D eigenvalue weighted by molar-refractivity contribution is 7.98. The zero-order valence-electron chi connectivity index (χ0n) is 16.1. The van der Waals surface area contributed by atoms with E-state index in [9.17, 15) is 14.0 Å². The lowest BCUT2D eigenvalue weighted by Gasteiger charge is -2.12. The van der Waals surface area contributed by atoms with Gasteiger partial charge in [0.15, 0.2) is 11.5 Å². The maximum absolute atomic E-state index is 14.2. The Kier molecular flexibility index (Phi) is 5.44. The minimum Gasteiger partial charge on any atom is -0.280 e. The van der Waals surface area contributed by atoms with Crippen molar-refractivity contribution < 1.29 is 4.39 Å². The zero-order valence-corrected chi connectivity index (χ0v) is 17.7.